The summed E-state index contributed by atoms with van der Waals surface area (Å²) in [6.45, 7) is -3.43. The van der Waals surface area contributed by atoms with Crippen LogP contribution in [-0.2, 0) is 0 Å². The first-order chi connectivity index (χ1) is 6.91. The highest BCUT2D eigenvalue weighted by molar-refractivity contribution is 5.47. The highest BCUT2D eigenvalue weighted by Gasteiger charge is 2.24. The number of ether oxygens (including phenoxy) is 1. The van der Waals surface area contributed by atoms with E-state index in [4.69, 9.17) is 0 Å². The Morgan fingerprint density at radius 1 is 1.33 bits per heavy atom. The molecule has 1 aromatic rings. The average molecular weight is 225 g/mol. The molecule has 0 aliphatic heterocycles. The van der Waals surface area contributed by atoms with Gasteiger partial charge in [-0.05, 0) is 0 Å². The number of nitro groups is 1. The van der Waals surface area contributed by atoms with Crippen molar-refractivity contribution < 1.29 is 27.2 Å². The first-order valence-corrected chi connectivity index (χ1v) is 3.50. The van der Waals surface area contributed by atoms with E-state index in [1.54, 1.807) is 0 Å². The summed E-state index contributed by atoms with van der Waals surface area (Å²) in [4.78, 5) is 9.04. The molecule has 0 radical (unpaired) electrons. The van der Waals surface area contributed by atoms with Crippen LogP contribution in [0.5, 0.6) is 5.75 Å². The second kappa shape index (κ2) is 4.11. The van der Waals surface area contributed by atoms with Gasteiger partial charge in [-0.2, -0.15) is 8.78 Å². The number of hydrogen-bond acceptors (Lipinski definition) is 3. The number of alkyl halides is 2. The van der Waals surface area contributed by atoms with Crippen LogP contribution < -0.4 is 4.74 Å². The smallest absolute Gasteiger partial charge is 0.387 e. The maximum Gasteiger partial charge on any atom is 0.387 e. The molecular formula is C7H3F4NO3. The molecule has 0 heterocycles. The Bertz CT molecular complexity index is 396. The zero-order valence-electron chi connectivity index (χ0n) is 6.92. The molecule has 0 N–H and O–H groups in total. The molecule has 0 aromatic heterocycles. The van der Waals surface area contributed by atoms with Gasteiger partial charge in [-0.3, -0.25) is 10.1 Å². The maximum atomic E-state index is 12.8. The maximum absolute atomic E-state index is 12.8. The van der Waals surface area contributed by atoms with Crippen LogP contribution in [0.15, 0.2) is 12.1 Å². The van der Waals surface area contributed by atoms with Crippen molar-refractivity contribution in [3.63, 3.8) is 0 Å². The Morgan fingerprint density at radius 2 is 1.93 bits per heavy atom. The summed E-state index contributed by atoms with van der Waals surface area (Å²) < 4.78 is 52.4. The summed E-state index contributed by atoms with van der Waals surface area (Å²) in [6, 6.07) is 0.505. The van der Waals surface area contributed by atoms with Crippen molar-refractivity contribution >= 4 is 5.69 Å². The van der Waals surface area contributed by atoms with Gasteiger partial charge in [0.15, 0.2) is 5.82 Å². The van der Waals surface area contributed by atoms with Crippen LogP contribution in [0, 0.1) is 21.7 Å². The minimum absolute atomic E-state index is 0.213. The Balaban J connectivity index is 3.27. The first-order valence-electron chi connectivity index (χ1n) is 3.50. The molecule has 0 unspecified atom stereocenters. The predicted octanol–water partition coefficient (Wildman–Crippen LogP) is 2.47. The molecule has 4 nitrogen and oxygen atoms in total. The Labute approximate surface area is 80.2 Å². The Morgan fingerprint density at radius 3 is 2.40 bits per heavy atom. The van der Waals surface area contributed by atoms with Crippen LogP contribution in [0.1, 0.15) is 0 Å². The molecule has 0 aliphatic rings. The third-order valence-electron chi connectivity index (χ3n) is 1.39. The summed E-state index contributed by atoms with van der Waals surface area (Å²) >= 11 is 0. The zero-order valence-corrected chi connectivity index (χ0v) is 6.92. The summed E-state index contributed by atoms with van der Waals surface area (Å²) in [5, 5.41) is 10.3. The van der Waals surface area contributed by atoms with E-state index < -0.39 is 34.6 Å². The summed E-state index contributed by atoms with van der Waals surface area (Å²) in [5.74, 6) is -4.08. The van der Waals surface area contributed by atoms with Crippen molar-refractivity contribution in [1.82, 2.24) is 0 Å². The molecule has 82 valence electrons. The number of nitro benzene ring substituents is 1. The van der Waals surface area contributed by atoms with E-state index in [0.717, 1.165) is 0 Å². The van der Waals surface area contributed by atoms with Crippen LogP contribution in [0.3, 0.4) is 0 Å². The number of benzene rings is 1. The lowest BCUT2D eigenvalue weighted by atomic mass is 10.3. The Kier molecular flexibility index (Phi) is 3.08. The molecule has 1 rings (SSSR count). The molecule has 0 atom stereocenters. The topological polar surface area (TPSA) is 52.4 Å². The molecule has 0 fully saturated rings. The lowest BCUT2D eigenvalue weighted by Gasteiger charge is -2.05. The minimum atomic E-state index is -3.43. The van der Waals surface area contributed by atoms with Crippen molar-refractivity contribution in [2.75, 3.05) is 0 Å². The number of nitrogens with zero attached hydrogens (tertiary/aromatic N) is 1. The van der Waals surface area contributed by atoms with E-state index in [2.05, 4.69) is 4.74 Å². The van der Waals surface area contributed by atoms with Gasteiger partial charge in [0, 0.05) is 6.07 Å². The fraction of sp³-hybridized carbons (Fsp3) is 0.143. The van der Waals surface area contributed by atoms with Gasteiger partial charge in [0.2, 0.25) is 5.75 Å². The minimum Gasteiger partial charge on any atom is -0.424 e. The van der Waals surface area contributed by atoms with Gasteiger partial charge in [-0.1, -0.05) is 0 Å². The molecule has 1 aromatic carbocycles. The van der Waals surface area contributed by atoms with E-state index in [-0.39, 0.29) is 6.07 Å². The molecule has 0 bridgehead atoms. The standard InChI is InChI=1S/C7H3F4NO3/c8-3-1-4(9)6(15-7(10)11)5(2-3)12(13)14/h1-2,7H. The zero-order chi connectivity index (χ0) is 11.6. The van der Waals surface area contributed by atoms with Gasteiger partial charge in [0.25, 0.3) is 0 Å². The van der Waals surface area contributed by atoms with Crippen molar-refractivity contribution in [3.05, 3.63) is 33.9 Å². The fourth-order valence-corrected chi connectivity index (χ4v) is 0.888. The molecular weight excluding hydrogens is 222 g/mol. The van der Waals surface area contributed by atoms with Gasteiger partial charge in [-0.25, -0.2) is 8.78 Å². The van der Waals surface area contributed by atoms with E-state index in [1.165, 1.54) is 0 Å². The van der Waals surface area contributed by atoms with Gasteiger partial charge in [-0.15, -0.1) is 0 Å². The van der Waals surface area contributed by atoms with E-state index >= 15 is 0 Å². The van der Waals surface area contributed by atoms with Crippen molar-refractivity contribution in [3.8, 4) is 5.75 Å². The molecule has 0 amide bonds. The molecule has 0 saturated heterocycles. The third-order valence-corrected chi connectivity index (χ3v) is 1.39. The lowest BCUT2D eigenvalue weighted by Crippen LogP contribution is -2.06. The second-order valence-electron chi connectivity index (χ2n) is 2.37. The lowest BCUT2D eigenvalue weighted by molar-refractivity contribution is -0.386. The molecule has 0 saturated carbocycles. The monoisotopic (exact) mass is 225 g/mol. The van der Waals surface area contributed by atoms with E-state index in [9.17, 15) is 27.7 Å². The van der Waals surface area contributed by atoms with Gasteiger partial charge >= 0.3 is 12.3 Å². The molecule has 0 spiro atoms. The predicted molar refractivity (Wildman–Crippen MR) is 39.6 cm³/mol. The summed E-state index contributed by atoms with van der Waals surface area (Å²) in [7, 11) is 0. The van der Waals surface area contributed by atoms with Crippen LogP contribution in [0.25, 0.3) is 0 Å². The number of rotatable bonds is 3. The highest BCUT2D eigenvalue weighted by Crippen LogP contribution is 2.32. The van der Waals surface area contributed by atoms with Gasteiger partial charge in [0.1, 0.15) is 5.82 Å². The summed E-state index contributed by atoms with van der Waals surface area (Å²) in [6.07, 6.45) is 0. The Hall–Kier alpha value is -1.86. The second-order valence-corrected chi connectivity index (χ2v) is 2.37. The van der Waals surface area contributed by atoms with Crippen molar-refractivity contribution in [1.29, 1.82) is 0 Å². The highest BCUT2D eigenvalue weighted by atomic mass is 19.3. The van der Waals surface area contributed by atoms with Gasteiger partial charge in [0.05, 0.1) is 11.0 Å². The van der Waals surface area contributed by atoms with E-state index in [1.807, 2.05) is 0 Å². The first kappa shape index (κ1) is 11.2. The largest absolute Gasteiger partial charge is 0.424 e. The van der Waals surface area contributed by atoms with Crippen LogP contribution in [0.4, 0.5) is 23.2 Å². The van der Waals surface area contributed by atoms with E-state index in [0.29, 0.717) is 6.07 Å². The van der Waals surface area contributed by atoms with Crippen molar-refractivity contribution in [2.45, 2.75) is 6.61 Å². The fourth-order valence-electron chi connectivity index (χ4n) is 0.888. The number of hydrogen-bond donors (Lipinski definition) is 0. The molecule has 15 heavy (non-hydrogen) atoms. The molecule has 0 aliphatic carbocycles. The van der Waals surface area contributed by atoms with Gasteiger partial charge < -0.3 is 4.74 Å². The molecule has 8 heteroatoms. The van der Waals surface area contributed by atoms with Crippen LogP contribution in [0.2, 0.25) is 0 Å². The third kappa shape index (κ3) is 2.55. The summed E-state index contributed by atoms with van der Waals surface area (Å²) in [5.41, 5.74) is -1.19. The SMILES string of the molecule is O=[N+]([O-])c1cc(F)cc(F)c1OC(F)F. The van der Waals surface area contributed by atoms with Crippen molar-refractivity contribution in [2.24, 2.45) is 0 Å². The quantitative estimate of drug-likeness (QED) is 0.451. The normalized spacial score (nSPS) is 10.5. The average Bonchev–Trinajstić information content (AvgIpc) is 2.08. The van der Waals surface area contributed by atoms with Crippen LogP contribution in [-0.4, -0.2) is 11.5 Å². The van der Waals surface area contributed by atoms with Crippen LogP contribution >= 0.6 is 0 Å². The number of halogens is 4.